The third-order valence-electron chi connectivity index (χ3n) is 4.79. The van der Waals surface area contributed by atoms with E-state index in [1.807, 2.05) is 23.1 Å². The molecule has 0 saturated carbocycles. The van der Waals surface area contributed by atoms with E-state index in [0.29, 0.717) is 17.9 Å². The first-order valence-electron chi connectivity index (χ1n) is 10.0. The molecule has 3 atom stereocenters. The summed E-state index contributed by atoms with van der Waals surface area (Å²) in [5.74, 6) is 1.86. The van der Waals surface area contributed by atoms with Gasteiger partial charge in [-0.1, -0.05) is 27.7 Å². The van der Waals surface area contributed by atoms with Crippen LogP contribution in [0.2, 0.25) is 0 Å². The van der Waals surface area contributed by atoms with Crippen molar-refractivity contribution in [2.24, 2.45) is 22.2 Å². The zero-order valence-electron chi connectivity index (χ0n) is 17.2. The van der Waals surface area contributed by atoms with Crippen LogP contribution in [0.15, 0.2) is 23.5 Å². The molecule has 6 nitrogen and oxygen atoms in total. The van der Waals surface area contributed by atoms with Gasteiger partial charge in [0.25, 0.3) is 0 Å². The Balaban J connectivity index is 1.87. The van der Waals surface area contributed by atoms with Crippen molar-refractivity contribution in [1.82, 2.24) is 20.4 Å². The summed E-state index contributed by atoms with van der Waals surface area (Å²) in [5, 5.41) is 11.2. The number of hydrogen-bond donors (Lipinski definition) is 2. The minimum absolute atomic E-state index is 0.167. The zero-order valence-corrected chi connectivity index (χ0v) is 17.2. The molecule has 1 fully saturated rings. The average Bonchev–Trinajstić information content (AvgIpc) is 3.09. The van der Waals surface area contributed by atoms with Crippen LogP contribution in [0.25, 0.3) is 0 Å². The molecule has 0 radical (unpaired) electrons. The van der Waals surface area contributed by atoms with Crippen LogP contribution >= 0.6 is 0 Å². The van der Waals surface area contributed by atoms with Gasteiger partial charge < -0.3 is 15.4 Å². The van der Waals surface area contributed by atoms with E-state index >= 15 is 0 Å². The van der Waals surface area contributed by atoms with Crippen molar-refractivity contribution in [3.63, 3.8) is 0 Å². The SMILES string of the molecule is CCNC(=NCC(C)Cn1cccn1)NCC1CCCOC1C(C)(C)C. The molecule has 6 heteroatoms. The molecule has 0 spiro atoms. The lowest BCUT2D eigenvalue weighted by Crippen LogP contribution is -2.47. The third kappa shape index (κ3) is 6.63. The number of aliphatic imine (C=N–C) groups is 1. The first-order chi connectivity index (χ1) is 12.4. The van der Waals surface area contributed by atoms with E-state index in [9.17, 15) is 0 Å². The van der Waals surface area contributed by atoms with Crippen LogP contribution in [0.1, 0.15) is 47.5 Å². The van der Waals surface area contributed by atoms with Gasteiger partial charge in [0, 0.05) is 51.1 Å². The van der Waals surface area contributed by atoms with Crippen LogP contribution in [0.4, 0.5) is 0 Å². The third-order valence-corrected chi connectivity index (χ3v) is 4.79. The van der Waals surface area contributed by atoms with E-state index in [1.165, 1.54) is 6.42 Å². The summed E-state index contributed by atoms with van der Waals surface area (Å²) < 4.78 is 8.06. The molecule has 1 aromatic heterocycles. The molecule has 1 aliphatic rings. The predicted octanol–water partition coefficient (Wildman–Crippen LogP) is 2.92. The monoisotopic (exact) mass is 363 g/mol. The van der Waals surface area contributed by atoms with Crippen molar-refractivity contribution in [1.29, 1.82) is 0 Å². The van der Waals surface area contributed by atoms with E-state index < -0.39 is 0 Å². The number of guanidine groups is 1. The van der Waals surface area contributed by atoms with Crippen molar-refractivity contribution in [2.45, 2.75) is 60.1 Å². The van der Waals surface area contributed by atoms with Gasteiger partial charge in [0.1, 0.15) is 0 Å². The Labute approximate surface area is 158 Å². The van der Waals surface area contributed by atoms with Crippen LogP contribution in [0, 0.1) is 17.3 Å². The second kappa shape index (κ2) is 9.95. The van der Waals surface area contributed by atoms with E-state index in [0.717, 1.165) is 45.2 Å². The first kappa shape index (κ1) is 20.7. The molecule has 0 amide bonds. The highest BCUT2D eigenvalue weighted by molar-refractivity contribution is 5.79. The number of ether oxygens (including phenoxy) is 1. The first-order valence-corrected chi connectivity index (χ1v) is 10.0. The molecule has 0 aromatic carbocycles. The lowest BCUT2D eigenvalue weighted by Gasteiger charge is -2.40. The van der Waals surface area contributed by atoms with E-state index in [2.05, 4.69) is 50.4 Å². The average molecular weight is 364 g/mol. The highest BCUT2D eigenvalue weighted by atomic mass is 16.5. The number of aromatic nitrogens is 2. The van der Waals surface area contributed by atoms with Crippen molar-refractivity contribution in [2.75, 3.05) is 26.2 Å². The summed E-state index contributed by atoms with van der Waals surface area (Å²) in [4.78, 5) is 4.78. The van der Waals surface area contributed by atoms with Crippen LogP contribution in [0.5, 0.6) is 0 Å². The van der Waals surface area contributed by atoms with Gasteiger partial charge in [0.2, 0.25) is 0 Å². The van der Waals surface area contributed by atoms with Crippen molar-refractivity contribution < 1.29 is 4.74 Å². The maximum absolute atomic E-state index is 6.09. The number of nitrogens with zero attached hydrogens (tertiary/aromatic N) is 3. The second-order valence-electron chi connectivity index (χ2n) is 8.49. The molecule has 2 N–H and O–H groups in total. The molecular weight excluding hydrogens is 326 g/mol. The largest absolute Gasteiger partial charge is 0.377 e. The van der Waals surface area contributed by atoms with Crippen LogP contribution in [0.3, 0.4) is 0 Å². The summed E-state index contributed by atoms with van der Waals surface area (Å²) in [6.45, 7) is 15.4. The Kier molecular flexibility index (Phi) is 7.94. The van der Waals surface area contributed by atoms with Crippen LogP contribution < -0.4 is 10.6 Å². The summed E-state index contributed by atoms with van der Waals surface area (Å²) in [7, 11) is 0. The van der Waals surface area contributed by atoms with Gasteiger partial charge in [0.05, 0.1) is 6.10 Å². The number of rotatable bonds is 7. The van der Waals surface area contributed by atoms with Gasteiger partial charge >= 0.3 is 0 Å². The van der Waals surface area contributed by atoms with Gasteiger partial charge in [-0.05, 0) is 37.2 Å². The lowest BCUT2D eigenvalue weighted by atomic mass is 9.78. The quantitative estimate of drug-likeness (QED) is 0.577. The fraction of sp³-hybridized carbons (Fsp3) is 0.800. The molecule has 148 valence electrons. The fourth-order valence-electron chi connectivity index (χ4n) is 3.61. The summed E-state index contributed by atoms with van der Waals surface area (Å²) in [6.07, 6.45) is 6.47. The number of nitrogens with one attached hydrogen (secondary N) is 2. The van der Waals surface area contributed by atoms with E-state index in [4.69, 9.17) is 9.73 Å². The smallest absolute Gasteiger partial charge is 0.191 e. The van der Waals surface area contributed by atoms with Crippen molar-refractivity contribution in [3.8, 4) is 0 Å². The highest BCUT2D eigenvalue weighted by Gasteiger charge is 2.35. The lowest BCUT2D eigenvalue weighted by molar-refractivity contribution is -0.0835. The molecule has 1 aromatic rings. The molecule has 26 heavy (non-hydrogen) atoms. The molecule has 0 aliphatic carbocycles. The second-order valence-corrected chi connectivity index (χ2v) is 8.49. The predicted molar refractivity (Wildman–Crippen MR) is 107 cm³/mol. The Bertz CT molecular complexity index is 535. The van der Waals surface area contributed by atoms with Crippen LogP contribution in [-0.4, -0.2) is 48.1 Å². The minimum atomic E-state index is 0.167. The van der Waals surface area contributed by atoms with Gasteiger partial charge in [-0.25, -0.2) is 0 Å². The Morgan fingerprint density at radius 2 is 2.19 bits per heavy atom. The summed E-state index contributed by atoms with van der Waals surface area (Å²) in [5.41, 5.74) is 0.167. The van der Waals surface area contributed by atoms with Crippen molar-refractivity contribution >= 4 is 5.96 Å². The molecule has 2 heterocycles. The topological polar surface area (TPSA) is 63.5 Å². The maximum atomic E-state index is 6.09. The van der Waals surface area contributed by atoms with Crippen LogP contribution in [-0.2, 0) is 11.3 Å². The van der Waals surface area contributed by atoms with E-state index in [-0.39, 0.29) is 5.41 Å². The Hall–Kier alpha value is -1.56. The fourth-order valence-corrected chi connectivity index (χ4v) is 3.61. The minimum Gasteiger partial charge on any atom is -0.377 e. The number of hydrogen-bond acceptors (Lipinski definition) is 3. The molecule has 1 saturated heterocycles. The van der Waals surface area contributed by atoms with Gasteiger partial charge in [-0.3, -0.25) is 9.67 Å². The van der Waals surface area contributed by atoms with E-state index in [1.54, 1.807) is 0 Å². The molecular formula is C20H37N5O. The molecule has 0 bridgehead atoms. The Morgan fingerprint density at radius 1 is 1.38 bits per heavy atom. The zero-order chi connectivity index (χ0) is 19.0. The summed E-state index contributed by atoms with van der Waals surface area (Å²) in [6, 6.07) is 1.96. The molecule has 3 unspecified atom stereocenters. The standard InChI is InChI=1S/C20H37N5O/c1-6-21-19(22-13-16(2)15-25-11-8-10-24-25)23-14-17-9-7-12-26-18(17)20(3,4)5/h8,10-11,16-18H,6-7,9,12-15H2,1-5H3,(H2,21,22,23). The molecule has 2 rings (SSSR count). The summed E-state index contributed by atoms with van der Waals surface area (Å²) >= 11 is 0. The molecule has 1 aliphatic heterocycles. The highest BCUT2D eigenvalue weighted by Crippen LogP contribution is 2.33. The van der Waals surface area contributed by atoms with Gasteiger partial charge in [-0.15, -0.1) is 0 Å². The maximum Gasteiger partial charge on any atom is 0.191 e. The normalized spacial score (nSPS) is 22.9. The Morgan fingerprint density at radius 3 is 2.85 bits per heavy atom. The van der Waals surface area contributed by atoms with Gasteiger partial charge in [-0.2, -0.15) is 5.10 Å². The van der Waals surface area contributed by atoms with Gasteiger partial charge in [0.15, 0.2) is 5.96 Å². The van der Waals surface area contributed by atoms with Crippen molar-refractivity contribution in [3.05, 3.63) is 18.5 Å².